The Hall–Kier alpha value is -2.09. The molecule has 34 heavy (non-hydrogen) atoms. The van der Waals surface area contributed by atoms with Crippen molar-refractivity contribution in [3.05, 3.63) is 59.2 Å². The lowest BCUT2D eigenvalue weighted by Gasteiger charge is -2.62. The zero-order valence-corrected chi connectivity index (χ0v) is 19.7. The van der Waals surface area contributed by atoms with Gasteiger partial charge in [-0.05, 0) is 61.5 Å². The van der Waals surface area contributed by atoms with Crippen LogP contribution in [0.15, 0.2) is 42.0 Å². The highest BCUT2D eigenvalue weighted by Gasteiger charge is 2.60. The summed E-state index contributed by atoms with van der Waals surface area (Å²) in [6.07, 6.45) is 4.25. The second-order valence-corrected chi connectivity index (χ2v) is 10.8. The van der Waals surface area contributed by atoms with Gasteiger partial charge in [0.25, 0.3) is 0 Å². The summed E-state index contributed by atoms with van der Waals surface area (Å²) in [7, 11) is 0. The molecule has 1 N–H and O–H groups in total. The number of carbonyl (C=O) groups excluding carboxylic acids is 1. The molecule has 0 spiro atoms. The summed E-state index contributed by atoms with van der Waals surface area (Å²) in [5, 5.41) is 10.1. The number of allylic oxidation sites excluding steroid dienone is 2. The Kier molecular flexibility index (Phi) is 5.94. The second-order valence-electron chi connectivity index (χ2n) is 10.8. The van der Waals surface area contributed by atoms with Crippen molar-refractivity contribution >= 4 is 5.97 Å². The third-order valence-corrected chi connectivity index (χ3v) is 8.85. The first-order valence-electron chi connectivity index (χ1n) is 12.1. The van der Waals surface area contributed by atoms with Crippen molar-refractivity contribution in [3.8, 4) is 0 Å². The molecule has 184 valence electrons. The van der Waals surface area contributed by atoms with Crippen LogP contribution in [0.2, 0.25) is 0 Å². The fourth-order valence-electron chi connectivity index (χ4n) is 7.08. The Balaban J connectivity index is 1.38. The number of benzene rings is 1. The highest BCUT2D eigenvalue weighted by molar-refractivity contribution is 5.91. The Morgan fingerprint density at radius 1 is 1.18 bits per heavy atom. The van der Waals surface area contributed by atoms with E-state index >= 15 is 0 Å². The zero-order chi connectivity index (χ0) is 24.3. The number of aliphatic hydroxyl groups is 1. The fourth-order valence-corrected chi connectivity index (χ4v) is 7.08. The van der Waals surface area contributed by atoms with Crippen molar-refractivity contribution in [1.29, 1.82) is 0 Å². The molecule has 2 saturated carbocycles. The summed E-state index contributed by atoms with van der Waals surface area (Å²) in [4.78, 5) is 12.0. The molecule has 0 aromatic heterocycles. The molecule has 4 aliphatic rings. The van der Waals surface area contributed by atoms with Crippen LogP contribution in [0.25, 0.3) is 0 Å². The number of carbonyl (C=O) groups is 1. The quantitative estimate of drug-likeness (QED) is 0.379. The van der Waals surface area contributed by atoms with Gasteiger partial charge in [0.05, 0.1) is 18.3 Å². The van der Waals surface area contributed by atoms with Gasteiger partial charge in [-0.3, -0.25) is 0 Å². The molecule has 5 nitrogen and oxygen atoms in total. The van der Waals surface area contributed by atoms with Crippen molar-refractivity contribution in [2.45, 2.75) is 64.4 Å². The standard InChI is InChI=1S/C27H32F2O5/c1-15-4-7-22-26(2,20(15)6-5-19-21(30)13-32-24(19)31)9-8-23-27(22,3)14-33-25(34-23)16-10-17(28)12-18(29)11-16/h5,10-12,20-23,25,30H,1,4,6-9,13-14H2,2-3H3/b19-5+. The van der Waals surface area contributed by atoms with Gasteiger partial charge in [-0.2, -0.15) is 0 Å². The smallest absolute Gasteiger partial charge is 0.336 e. The largest absolute Gasteiger partial charge is 0.459 e. The van der Waals surface area contributed by atoms with Gasteiger partial charge in [0.15, 0.2) is 6.29 Å². The number of hydrogen-bond acceptors (Lipinski definition) is 5. The number of fused-ring (bicyclic) bond motifs is 3. The molecule has 2 aliphatic carbocycles. The topological polar surface area (TPSA) is 65.0 Å². The number of esters is 1. The van der Waals surface area contributed by atoms with Gasteiger partial charge >= 0.3 is 5.97 Å². The average molecular weight is 475 g/mol. The molecule has 0 bridgehead atoms. The van der Waals surface area contributed by atoms with Crippen LogP contribution >= 0.6 is 0 Å². The minimum atomic E-state index is -0.869. The van der Waals surface area contributed by atoms with E-state index in [1.165, 1.54) is 17.7 Å². The maximum absolute atomic E-state index is 13.8. The van der Waals surface area contributed by atoms with Gasteiger partial charge in [0.2, 0.25) is 0 Å². The van der Waals surface area contributed by atoms with Crippen LogP contribution in [0.3, 0.4) is 0 Å². The monoisotopic (exact) mass is 474 g/mol. The third-order valence-electron chi connectivity index (χ3n) is 8.85. The van der Waals surface area contributed by atoms with Gasteiger partial charge in [0.1, 0.15) is 24.3 Å². The van der Waals surface area contributed by atoms with E-state index in [-0.39, 0.29) is 29.5 Å². The number of cyclic esters (lactones) is 1. The van der Waals surface area contributed by atoms with Crippen molar-refractivity contribution in [2.24, 2.45) is 22.7 Å². The van der Waals surface area contributed by atoms with Crippen LogP contribution in [0.1, 0.15) is 57.8 Å². The van der Waals surface area contributed by atoms with E-state index in [9.17, 15) is 18.7 Å². The SMILES string of the molecule is C=C1CCC2C3(C)COC(c4cc(F)cc(F)c4)OC3CCC2(C)C1C/C=C1/C(=O)OCC1O. The normalized spacial score (nSPS) is 41.2. The van der Waals surface area contributed by atoms with Crippen LogP contribution in [0, 0.1) is 34.3 Å². The lowest BCUT2D eigenvalue weighted by atomic mass is 9.46. The predicted octanol–water partition coefficient (Wildman–Crippen LogP) is 5.00. The molecule has 2 saturated heterocycles. The van der Waals surface area contributed by atoms with E-state index in [1.807, 2.05) is 6.08 Å². The van der Waals surface area contributed by atoms with Crippen LogP contribution in [0.4, 0.5) is 8.78 Å². The summed E-state index contributed by atoms with van der Waals surface area (Å²) >= 11 is 0. The molecule has 5 rings (SSSR count). The van der Waals surface area contributed by atoms with Crippen molar-refractivity contribution in [2.75, 3.05) is 13.2 Å². The number of rotatable bonds is 3. The Bertz CT molecular complexity index is 1020. The van der Waals surface area contributed by atoms with E-state index in [0.717, 1.165) is 31.7 Å². The van der Waals surface area contributed by atoms with Crippen LogP contribution in [0.5, 0.6) is 0 Å². The van der Waals surface area contributed by atoms with Gasteiger partial charge in [-0.15, -0.1) is 0 Å². The molecule has 0 radical (unpaired) electrons. The number of hydrogen-bond donors (Lipinski definition) is 1. The Morgan fingerprint density at radius 3 is 2.59 bits per heavy atom. The highest BCUT2D eigenvalue weighted by Crippen LogP contribution is 2.63. The summed E-state index contributed by atoms with van der Waals surface area (Å²) in [5.74, 6) is -1.29. The lowest BCUT2D eigenvalue weighted by molar-refractivity contribution is -0.307. The Labute approximate surface area is 198 Å². The van der Waals surface area contributed by atoms with E-state index in [4.69, 9.17) is 14.2 Å². The Morgan fingerprint density at radius 2 is 1.91 bits per heavy atom. The predicted molar refractivity (Wildman–Crippen MR) is 120 cm³/mol. The first-order valence-corrected chi connectivity index (χ1v) is 12.1. The minimum Gasteiger partial charge on any atom is -0.459 e. The highest BCUT2D eigenvalue weighted by atomic mass is 19.1. The molecule has 7 heteroatoms. The molecular formula is C27H32F2O5. The number of halogens is 2. The van der Waals surface area contributed by atoms with Crippen molar-refractivity contribution < 1.29 is 32.9 Å². The second kappa shape index (κ2) is 8.54. The van der Waals surface area contributed by atoms with E-state index in [0.29, 0.717) is 30.1 Å². The molecule has 7 unspecified atom stereocenters. The molecular weight excluding hydrogens is 442 g/mol. The molecule has 0 amide bonds. The first-order chi connectivity index (χ1) is 16.1. The van der Waals surface area contributed by atoms with Crippen LogP contribution < -0.4 is 0 Å². The van der Waals surface area contributed by atoms with Crippen molar-refractivity contribution in [1.82, 2.24) is 0 Å². The van der Waals surface area contributed by atoms with Crippen LogP contribution in [-0.2, 0) is 19.0 Å². The number of ether oxygens (including phenoxy) is 3. The third kappa shape index (κ3) is 3.82. The van der Waals surface area contributed by atoms with Crippen molar-refractivity contribution in [3.63, 3.8) is 0 Å². The maximum atomic E-state index is 13.8. The number of aliphatic hydroxyl groups excluding tert-OH is 1. The first kappa shape index (κ1) is 23.6. The molecule has 1 aromatic carbocycles. The van der Waals surface area contributed by atoms with E-state index in [2.05, 4.69) is 20.4 Å². The zero-order valence-electron chi connectivity index (χ0n) is 19.7. The summed E-state index contributed by atoms with van der Waals surface area (Å²) < 4.78 is 44.9. The van der Waals surface area contributed by atoms with Gasteiger partial charge in [-0.25, -0.2) is 13.6 Å². The maximum Gasteiger partial charge on any atom is 0.336 e. The van der Waals surface area contributed by atoms with E-state index in [1.54, 1.807) is 0 Å². The van der Waals surface area contributed by atoms with Gasteiger partial charge in [0, 0.05) is 17.0 Å². The summed E-state index contributed by atoms with van der Waals surface area (Å²) in [5.41, 5.74) is 1.54. The average Bonchev–Trinajstić information content (AvgIpc) is 3.09. The molecule has 1 aromatic rings. The van der Waals surface area contributed by atoms with Crippen LogP contribution in [-0.4, -0.2) is 36.5 Å². The minimum absolute atomic E-state index is 0.0149. The summed E-state index contributed by atoms with van der Waals surface area (Å²) in [6, 6.07) is 3.37. The molecule has 2 heterocycles. The molecule has 7 atom stereocenters. The van der Waals surface area contributed by atoms with E-state index < -0.39 is 30.0 Å². The summed E-state index contributed by atoms with van der Waals surface area (Å²) in [6.45, 7) is 9.31. The van der Waals surface area contributed by atoms with Gasteiger partial charge in [-0.1, -0.05) is 32.1 Å². The lowest BCUT2D eigenvalue weighted by Crippen LogP contribution is -2.60. The fraction of sp³-hybridized carbons (Fsp3) is 0.593. The van der Waals surface area contributed by atoms with Gasteiger partial charge < -0.3 is 19.3 Å². The molecule has 4 fully saturated rings. The molecule has 2 aliphatic heterocycles.